The summed E-state index contributed by atoms with van der Waals surface area (Å²) in [4.78, 5) is 33.7. The van der Waals surface area contributed by atoms with Crippen LogP contribution in [0.1, 0.15) is 25.6 Å². The molecule has 3 heterocycles. The van der Waals surface area contributed by atoms with Gasteiger partial charge in [0.2, 0.25) is 0 Å². The summed E-state index contributed by atoms with van der Waals surface area (Å²) in [6.07, 6.45) is 5.19. The fourth-order valence-electron chi connectivity index (χ4n) is 3.79. The molecule has 0 bridgehead atoms. The van der Waals surface area contributed by atoms with Crippen LogP contribution in [0.2, 0.25) is 0 Å². The molecule has 2 aromatic carbocycles. The maximum atomic E-state index is 12.8. The van der Waals surface area contributed by atoms with E-state index in [2.05, 4.69) is 20.6 Å². The highest BCUT2D eigenvalue weighted by molar-refractivity contribution is 7.12. The van der Waals surface area contributed by atoms with E-state index in [9.17, 15) is 9.59 Å². The summed E-state index contributed by atoms with van der Waals surface area (Å²) in [5, 5.41) is 8.03. The highest BCUT2D eigenvalue weighted by Gasteiger charge is 2.16. The Labute approximate surface area is 210 Å². The van der Waals surface area contributed by atoms with Gasteiger partial charge < -0.3 is 21.1 Å². The van der Waals surface area contributed by atoms with Crippen molar-refractivity contribution in [1.29, 1.82) is 0 Å². The average molecular weight is 499 g/mol. The van der Waals surface area contributed by atoms with E-state index in [1.807, 2.05) is 46.3 Å². The van der Waals surface area contributed by atoms with Crippen LogP contribution in [0.15, 0.2) is 78.6 Å². The molecule has 0 aliphatic heterocycles. The fraction of sp³-hybridized carbons (Fsp3) is 0.0769. The Morgan fingerprint density at radius 2 is 1.94 bits per heavy atom. The Bertz CT molecular complexity index is 1560. The number of carbonyl (C=O) groups excluding carboxylic acids is 2. The van der Waals surface area contributed by atoms with E-state index in [1.54, 1.807) is 36.7 Å². The molecule has 0 aliphatic rings. The SMILES string of the molecule is COc1cc(Nc2ncc(-c3csc(C(N)=O)c3)n3ccnc23)ccc1C(=O)NCc1ccccc1. The maximum absolute atomic E-state index is 12.8. The smallest absolute Gasteiger partial charge is 0.258 e. The van der Waals surface area contributed by atoms with E-state index in [1.165, 1.54) is 18.4 Å². The van der Waals surface area contributed by atoms with Gasteiger partial charge in [0.15, 0.2) is 11.5 Å². The molecule has 9 nitrogen and oxygen atoms in total. The van der Waals surface area contributed by atoms with Crippen LogP contribution in [0.5, 0.6) is 5.75 Å². The molecule has 10 heteroatoms. The van der Waals surface area contributed by atoms with Crippen molar-refractivity contribution in [2.24, 2.45) is 5.73 Å². The van der Waals surface area contributed by atoms with E-state index in [4.69, 9.17) is 10.5 Å². The lowest BCUT2D eigenvalue weighted by molar-refractivity contribution is 0.0946. The second-order valence-electron chi connectivity index (χ2n) is 7.89. The first-order valence-corrected chi connectivity index (χ1v) is 11.9. The minimum absolute atomic E-state index is 0.230. The minimum Gasteiger partial charge on any atom is -0.496 e. The zero-order valence-electron chi connectivity index (χ0n) is 19.3. The van der Waals surface area contributed by atoms with Crippen molar-refractivity contribution in [3.05, 3.63) is 94.6 Å². The van der Waals surface area contributed by atoms with Crippen LogP contribution in [0.4, 0.5) is 11.5 Å². The Kier molecular flexibility index (Phi) is 6.33. The van der Waals surface area contributed by atoms with Gasteiger partial charge in [-0.05, 0) is 23.8 Å². The fourth-order valence-corrected chi connectivity index (χ4v) is 4.54. The standard InChI is InChI=1S/C26H22N6O3S/c1-35-21-12-18(7-8-19(21)26(34)30-13-16-5-3-2-4-6-16)31-24-25-28-9-10-32(25)20(14-29-24)17-11-22(23(27)33)36-15-17/h2-12,14-15H,13H2,1H3,(H2,27,33)(H,29,31)(H,30,34). The molecule has 5 rings (SSSR count). The second kappa shape index (κ2) is 9.88. The van der Waals surface area contributed by atoms with Crippen molar-refractivity contribution in [2.75, 3.05) is 12.4 Å². The van der Waals surface area contributed by atoms with Crippen molar-refractivity contribution in [3.8, 4) is 17.0 Å². The molecule has 0 atom stereocenters. The number of imidazole rings is 1. The van der Waals surface area contributed by atoms with Crippen LogP contribution in [-0.4, -0.2) is 33.3 Å². The first-order valence-electron chi connectivity index (χ1n) is 11.0. The van der Waals surface area contributed by atoms with E-state index >= 15 is 0 Å². The lowest BCUT2D eigenvalue weighted by atomic mass is 10.1. The number of carbonyl (C=O) groups is 2. The van der Waals surface area contributed by atoms with E-state index in [0.717, 1.165) is 16.8 Å². The molecule has 0 saturated carbocycles. The molecule has 0 fully saturated rings. The van der Waals surface area contributed by atoms with Gasteiger partial charge in [0.1, 0.15) is 5.75 Å². The summed E-state index contributed by atoms with van der Waals surface area (Å²) in [5.74, 6) is 0.258. The van der Waals surface area contributed by atoms with Crippen LogP contribution in [0.3, 0.4) is 0 Å². The Balaban J connectivity index is 1.38. The quantitative estimate of drug-likeness (QED) is 0.294. The summed E-state index contributed by atoms with van der Waals surface area (Å²) >= 11 is 1.28. The number of thiophene rings is 1. The van der Waals surface area contributed by atoms with Crippen LogP contribution in [-0.2, 0) is 6.54 Å². The number of rotatable bonds is 8. The van der Waals surface area contributed by atoms with Crippen LogP contribution < -0.4 is 21.1 Å². The molecular formula is C26H22N6O3S. The van der Waals surface area contributed by atoms with Crippen molar-refractivity contribution in [2.45, 2.75) is 6.54 Å². The molecular weight excluding hydrogens is 476 g/mol. The number of nitrogens with zero attached hydrogens (tertiary/aromatic N) is 3. The third-order valence-corrected chi connectivity index (χ3v) is 6.52. The molecule has 0 unspecified atom stereocenters. The monoisotopic (exact) mass is 498 g/mol. The predicted octanol–water partition coefficient (Wildman–Crippen LogP) is 4.24. The lowest BCUT2D eigenvalue weighted by Gasteiger charge is -2.13. The number of benzene rings is 2. The number of hydrogen-bond acceptors (Lipinski definition) is 7. The van der Waals surface area contributed by atoms with Gasteiger partial charge in [-0.15, -0.1) is 11.3 Å². The summed E-state index contributed by atoms with van der Waals surface area (Å²) in [7, 11) is 1.52. The number of nitrogens with one attached hydrogen (secondary N) is 2. The highest BCUT2D eigenvalue weighted by Crippen LogP contribution is 2.30. The molecule has 180 valence electrons. The van der Waals surface area contributed by atoms with Crippen LogP contribution >= 0.6 is 11.3 Å². The highest BCUT2D eigenvalue weighted by atomic mass is 32.1. The number of hydrogen-bond donors (Lipinski definition) is 3. The largest absolute Gasteiger partial charge is 0.496 e. The number of aromatic nitrogens is 3. The molecule has 0 saturated heterocycles. The van der Waals surface area contributed by atoms with Gasteiger partial charge in [0, 0.05) is 41.6 Å². The second-order valence-corrected chi connectivity index (χ2v) is 8.80. The first kappa shape index (κ1) is 23.1. The molecule has 0 spiro atoms. The first-order chi connectivity index (χ1) is 17.5. The summed E-state index contributed by atoms with van der Waals surface area (Å²) < 4.78 is 7.37. The normalized spacial score (nSPS) is 10.8. The predicted molar refractivity (Wildman–Crippen MR) is 139 cm³/mol. The summed E-state index contributed by atoms with van der Waals surface area (Å²) in [5.41, 5.74) is 9.72. The van der Waals surface area contributed by atoms with E-state index in [-0.39, 0.29) is 5.91 Å². The maximum Gasteiger partial charge on any atom is 0.258 e. The van der Waals surface area contributed by atoms with Crippen molar-refractivity contribution in [3.63, 3.8) is 0 Å². The van der Waals surface area contributed by atoms with Crippen LogP contribution in [0.25, 0.3) is 16.9 Å². The molecule has 36 heavy (non-hydrogen) atoms. The summed E-state index contributed by atoms with van der Waals surface area (Å²) in [6, 6.07) is 16.7. The number of ether oxygens (including phenoxy) is 1. The average Bonchev–Trinajstić information content (AvgIpc) is 3.59. The van der Waals surface area contributed by atoms with Gasteiger partial charge in [-0.2, -0.15) is 0 Å². The van der Waals surface area contributed by atoms with Gasteiger partial charge in [-0.1, -0.05) is 30.3 Å². The van der Waals surface area contributed by atoms with Crippen LogP contribution in [0, 0.1) is 0 Å². The van der Waals surface area contributed by atoms with Crippen molar-refractivity contribution >= 4 is 40.3 Å². The van der Waals surface area contributed by atoms with Crippen molar-refractivity contribution < 1.29 is 14.3 Å². The molecule has 2 amide bonds. The lowest BCUT2D eigenvalue weighted by Crippen LogP contribution is -2.23. The minimum atomic E-state index is -0.467. The van der Waals surface area contributed by atoms with Gasteiger partial charge in [0.05, 0.1) is 29.4 Å². The number of anilines is 2. The number of amides is 2. The van der Waals surface area contributed by atoms with Gasteiger partial charge >= 0.3 is 0 Å². The van der Waals surface area contributed by atoms with E-state index < -0.39 is 5.91 Å². The summed E-state index contributed by atoms with van der Waals surface area (Å²) in [6.45, 7) is 0.419. The third-order valence-electron chi connectivity index (χ3n) is 5.57. The van der Waals surface area contributed by atoms with E-state index in [0.29, 0.717) is 39.9 Å². The Hall–Kier alpha value is -4.70. The van der Waals surface area contributed by atoms with Gasteiger partial charge in [0.25, 0.3) is 11.8 Å². The third kappa shape index (κ3) is 4.62. The molecule has 5 aromatic rings. The number of primary amides is 1. The molecule has 4 N–H and O–H groups in total. The van der Waals surface area contributed by atoms with Gasteiger partial charge in [-0.25, -0.2) is 9.97 Å². The van der Waals surface area contributed by atoms with Gasteiger partial charge in [-0.3, -0.25) is 14.0 Å². The molecule has 0 aliphatic carbocycles. The van der Waals surface area contributed by atoms with Crippen molar-refractivity contribution in [1.82, 2.24) is 19.7 Å². The number of methoxy groups -OCH3 is 1. The Morgan fingerprint density at radius 3 is 2.69 bits per heavy atom. The zero-order chi connectivity index (χ0) is 25.1. The number of fused-ring (bicyclic) bond motifs is 1. The Morgan fingerprint density at radius 1 is 1.11 bits per heavy atom. The zero-order valence-corrected chi connectivity index (χ0v) is 20.1. The molecule has 0 radical (unpaired) electrons. The molecule has 3 aromatic heterocycles. The topological polar surface area (TPSA) is 124 Å². The number of nitrogens with two attached hydrogens (primary N) is 1.